The number of fused-ring (bicyclic) bond motifs is 1. The molecule has 146 valence electrons. The number of anilines is 2. The van der Waals surface area contributed by atoms with Crippen LogP contribution in [0.1, 0.15) is 13.3 Å². The molecule has 2 fully saturated rings. The van der Waals surface area contributed by atoms with Crippen LogP contribution in [0.3, 0.4) is 0 Å². The molecule has 28 heavy (non-hydrogen) atoms. The average molecular weight is 417 g/mol. The Hall–Kier alpha value is -2.03. The predicted octanol–water partition coefficient (Wildman–Crippen LogP) is 3.76. The lowest BCUT2D eigenvalue weighted by Gasteiger charge is -2.34. The van der Waals surface area contributed by atoms with Crippen LogP contribution in [0.5, 0.6) is 0 Å². The zero-order valence-corrected chi connectivity index (χ0v) is 17.1. The first-order chi connectivity index (χ1) is 13.7. The third kappa shape index (κ3) is 3.29. The van der Waals surface area contributed by atoms with Gasteiger partial charge in [-0.25, -0.2) is 15.0 Å². The van der Waals surface area contributed by atoms with E-state index in [0.29, 0.717) is 24.2 Å². The fourth-order valence-corrected chi connectivity index (χ4v) is 4.86. The van der Waals surface area contributed by atoms with Gasteiger partial charge in [-0.1, -0.05) is 11.6 Å². The van der Waals surface area contributed by atoms with Gasteiger partial charge in [-0.05, 0) is 37.4 Å². The minimum Gasteiger partial charge on any atom is -0.377 e. The van der Waals surface area contributed by atoms with Crippen LogP contribution in [0.2, 0.25) is 5.15 Å². The molecule has 1 unspecified atom stereocenters. The van der Waals surface area contributed by atoms with Crippen LogP contribution in [0, 0.1) is 0 Å². The molecule has 0 saturated carbocycles. The molecule has 1 atom stereocenters. The number of nitrogens with zero attached hydrogens (tertiary/aromatic N) is 5. The predicted molar refractivity (Wildman–Crippen MR) is 114 cm³/mol. The number of hydrogen-bond acceptors (Lipinski definition) is 7. The topological polar surface area (TPSA) is 70.2 Å². The van der Waals surface area contributed by atoms with Gasteiger partial charge in [-0.3, -0.25) is 0 Å². The lowest BCUT2D eigenvalue weighted by Crippen LogP contribution is -2.44. The molecule has 5 rings (SSSR count). The van der Waals surface area contributed by atoms with Crippen molar-refractivity contribution in [2.45, 2.75) is 19.4 Å². The smallest absolute Gasteiger partial charge is 0.164 e. The number of aromatic amines is 1. The van der Waals surface area contributed by atoms with Crippen LogP contribution >= 0.6 is 23.5 Å². The summed E-state index contributed by atoms with van der Waals surface area (Å²) in [6.07, 6.45) is 3.03. The monoisotopic (exact) mass is 416 g/mol. The van der Waals surface area contributed by atoms with E-state index in [1.807, 2.05) is 30.3 Å². The Balaban J connectivity index is 1.66. The summed E-state index contributed by atoms with van der Waals surface area (Å²) >= 11 is 8.10. The number of H-pyrrole nitrogens is 1. The second-order valence-electron chi connectivity index (χ2n) is 7.05. The van der Waals surface area contributed by atoms with E-state index in [9.17, 15) is 0 Å². The van der Waals surface area contributed by atoms with Crippen molar-refractivity contribution in [2.24, 2.45) is 0 Å². The van der Waals surface area contributed by atoms with Gasteiger partial charge in [0.2, 0.25) is 0 Å². The minimum absolute atomic E-state index is 0.267. The van der Waals surface area contributed by atoms with Gasteiger partial charge < -0.3 is 18.9 Å². The molecule has 3 aromatic rings. The Kier molecular flexibility index (Phi) is 4.78. The second kappa shape index (κ2) is 7.42. The molecule has 9 heteroatoms. The first kappa shape index (κ1) is 18.0. The number of halogens is 1. The molecule has 0 spiro atoms. The maximum Gasteiger partial charge on any atom is 0.164 e. The fraction of sp³-hybridized carbons (Fsp3) is 0.421. The number of nitrogens with one attached hydrogen (secondary N) is 1. The van der Waals surface area contributed by atoms with E-state index in [0.717, 1.165) is 53.5 Å². The molecule has 0 bridgehead atoms. The van der Waals surface area contributed by atoms with Gasteiger partial charge in [0.1, 0.15) is 22.4 Å². The van der Waals surface area contributed by atoms with Crippen LogP contribution < -0.4 is 9.21 Å². The molecule has 0 aliphatic carbocycles. The van der Waals surface area contributed by atoms with E-state index in [4.69, 9.17) is 26.3 Å². The highest BCUT2D eigenvalue weighted by Crippen LogP contribution is 2.34. The van der Waals surface area contributed by atoms with E-state index in [-0.39, 0.29) is 6.04 Å². The van der Waals surface area contributed by atoms with Gasteiger partial charge in [0.15, 0.2) is 5.82 Å². The Morgan fingerprint density at radius 1 is 1.21 bits per heavy atom. The molecule has 2 aliphatic heterocycles. The summed E-state index contributed by atoms with van der Waals surface area (Å²) in [5.41, 5.74) is 1.64. The van der Waals surface area contributed by atoms with Gasteiger partial charge in [0.25, 0.3) is 0 Å². The Labute approximate surface area is 172 Å². The van der Waals surface area contributed by atoms with Crippen molar-refractivity contribution in [3.63, 3.8) is 0 Å². The van der Waals surface area contributed by atoms with Crippen molar-refractivity contribution in [3.05, 3.63) is 29.5 Å². The van der Waals surface area contributed by atoms with Gasteiger partial charge in [-0.2, -0.15) is 0 Å². The number of hydrogen-bond donors (Lipinski definition) is 1. The molecule has 1 N–H and O–H groups in total. The third-order valence-electron chi connectivity index (χ3n) is 5.11. The van der Waals surface area contributed by atoms with E-state index in [1.165, 1.54) is 0 Å². The molecule has 3 aromatic heterocycles. The van der Waals surface area contributed by atoms with Crippen molar-refractivity contribution in [2.75, 3.05) is 41.3 Å². The summed E-state index contributed by atoms with van der Waals surface area (Å²) in [5.74, 6) is 3.66. The number of rotatable bonds is 3. The fourth-order valence-electron chi connectivity index (χ4n) is 3.70. The normalized spacial score (nSPS) is 20.3. The number of ether oxygens (including phenoxy) is 1. The molecular weight excluding hydrogens is 396 g/mol. The summed E-state index contributed by atoms with van der Waals surface area (Å²) in [7, 11) is 0. The highest BCUT2D eigenvalue weighted by Gasteiger charge is 2.25. The molecule has 7 nitrogen and oxygen atoms in total. The average Bonchev–Trinajstić information content (AvgIpc) is 3.39. The van der Waals surface area contributed by atoms with Gasteiger partial charge in [-0.15, -0.1) is 0 Å². The Bertz CT molecular complexity index is 1010. The Morgan fingerprint density at radius 2 is 2.11 bits per heavy atom. The van der Waals surface area contributed by atoms with Crippen LogP contribution in [0.15, 0.2) is 24.4 Å². The number of aromatic nitrogens is 4. The lowest BCUT2D eigenvalue weighted by atomic mass is 10.1. The van der Waals surface area contributed by atoms with E-state index in [1.54, 1.807) is 0 Å². The summed E-state index contributed by atoms with van der Waals surface area (Å²) in [6, 6.07) is 6.20. The first-order valence-electron chi connectivity index (χ1n) is 9.47. The molecular formula is C19H21ClN6OS. The summed E-state index contributed by atoms with van der Waals surface area (Å²) in [4.78, 5) is 19.6. The standard InChI is InChI=1S/C19H21ClN6OS/c1-12-11-27-7-6-25(12)16-10-17(26-5-2-8-28-26)24-19(23-16)14-9-15(20)22-18-13(14)3-4-21-18/h3-4,9-10,12H,2,5-8,11H2,1H3,(H,21,22). The van der Waals surface area contributed by atoms with Gasteiger partial charge in [0.05, 0.1) is 19.3 Å². The third-order valence-corrected chi connectivity index (χ3v) is 6.45. The van der Waals surface area contributed by atoms with Crippen molar-refractivity contribution >= 4 is 46.2 Å². The van der Waals surface area contributed by atoms with Crippen molar-refractivity contribution in [1.29, 1.82) is 0 Å². The van der Waals surface area contributed by atoms with Crippen LogP contribution in [0.25, 0.3) is 22.4 Å². The SMILES string of the molecule is CC1COCCN1c1cc(N2CCCS2)nc(-c2cc(Cl)nc3[nH]ccc23)n1. The maximum absolute atomic E-state index is 6.28. The zero-order valence-electron chi connectivity index (χ0n) is 15.6. The Morgan fingerprint density at radius 3 is 2.93 bits per heavy atom. The maximum atomic E-state index is 6.28. The van der Waals surface area contributed by atoms with Crippen LogP contribution in [-0.4, -0.2) is 58.0 Å². The minimum atomic E-state index is 0.267. The molecule has 0 amide bonds. The number of morpholine rings is 1. The van der Waals surface area contributed by atoms with Gasteiger partial charge in [0, 0.05) is 42.1 Å². The first-order valence-corrected chi connectivity index (χ1v) is 10.8. The van der Waals surface area contributed by atoms with E-state index >= 15 is 0 Å². The highest BCUT2D eigenvalue weighted by molar-refractivity contribution is 8.00. The zero-order chi connectivity index (χ0) is 19.1. The van der Waals surface area contributed by atoms with Crippen molar-refractivity contribution < 1.29 is 4.74 Å². The van der Waals surface area contributed by atoms with Crippen LogP contribution in [-0.2, 0) is 4.74 Å². The molecule has 0 aromatic carbocycles. The molecule has 0 radical (unpaired) electrons. The summed E-state index contributed by atoms with van der Waals surface area (Å²) in [6.45, 7) is 5.40. The molecule has 5 heterocycles. The largest absolute Gasteiger partial charge is 0.377 e. The van der Waals surface area contributed by atoms with E-state index in [2.05, 4.69) is 32.2 Å². The van der Waals surface area contributed by atoms with Gasteiger partial charge >= 0.3 is 0 Å². The molecule has 2 saturated heterocycles. The second-order valence-corrected chi connectivity index (χ2v) is 8.54. The van der Waals surface area contributed by atoms with Crippen molar-refractivity contribution in [1.82, 2.24) is 19.9 Å². The highest BCUT2D eigenvalue weighted by atomic mass is 35.5. The summed E-state index contributed by atoms with van der Waals surface area (Å²) < 4.78 is 7.87. The van der Waals surface area contributed by atoms with Crippen molar-refractivity contribution in [3.8, 4) is 11.4 Å². The molecule has 2 aliphatic rings. The lowest BCUT2D eigenvalue weighted by molar-refractivity contribution is 0.0985. The quantitative estimate of drug-likeness (QED) is 0.515. The van der Waals surface area contributed by atoms with Crippen LogP contribution in [0.4, 0.5) is 11.6 Å². The van der Waals surface area contributed by atoms with E-state index < -0.39 is 0 Å². The number of pyridine rings is 1. The summed E-state index contributed by atoms with van der Waals surface area (Å²) in [5, 5.41) is 1.40.